The molecular formula is C17H21NO3. The van der Waals surface area contributed by atoms with Crippen LogP contribution in [0.3, 0.4) is 0 Å². The van der Waals surface area contributed by atoms with Crippen LogP contribution in [0.4, 0.5) is 0 Å². The molecule has 0 radical (unpaired) electrons. The van der Waals surface area contributed by atoms with Gasteiger partial charge in [0.25, 0.3) is 0 Å². The van der Waals surface area contributed by atoms with Crippen molar-refractivity contribution < 1.29 is 14.6 Å². The molecule has 4 heteroatoms. The number of nitrogens with zero attached hydrogens (tertiary/aromatic N) is 1. The number of hydrogen-bond donors (Lipinski definition) is 1. The zero-order valence-corrected chi connectivity index (χ0v) is 12.5. The second-order valence-corrected chi connectivity index (χ2v) is 6.43. The number of aliphatic hydroxyl groups excluding tert-OH is 1. The fourth-order valence-corrected chi connectivity index (χ4v) is 4.08. The molecule has 0 unspecified atom stereocenters. The number of hydrogen-bond acceptors (Lipinski definition) is 4. The van der Waals surface area contributed by atoms with Gasteiger partial charge in [-0.3, -0.25) is 0 Å². The van der Waals surface area contributed by atoms with Crippen LogP contribution in [0.15, 0.2) is 24.3 Å². The molecule has 0 bridgehead atoms. The Bertz CT molecular complexity index is 612. The molecule has 0 saturated carbocycles. The van der Waals surface area contributed by atoms with Gasteiger partial charge in [0, 0.05) is 18.5 Å². The average Bonchev–Trinajstić information content (AvgIpc) is 2.72. The number of benzene rings is 1. The van der Waals surface area contributed by atoms with Crippen LogP contribution in [0.2, 0.25) is 0 Å². The van der Waals surface area contributed by atoms with E-state index in [9.17, 15) is 5.11 Å². The van der Waals surface area contributed by atoms with E-state index in [0.29, 0.717) is 6.42 Å². The number of methoxy groups -OCH3 is 1. The summed E-state index contributed by atoms with van der Waals surface area (Å²) < 4.78 is 11.8. The molecule has 1 N–H and O–H groups in total. The van der Waals surface area contributed by atoms with Crippen molar-refractivity contribution in [3.8, 4) is 11.5 Å². The maximum Gasteiger partial charge on any atom is 0.166 e. The monoisotopic (exact) mass is 286 g/mol. The van der Waals surface area contributed by atoms with Crippen LogP contribution in [0, 0.1) is 0 Å². The molecule has 4 rings (SSSR count). The highest BCUT2D eigenvalue weighted by Crippen LogP contribution is 2.55. The first-order valence-electron chi connectivity index (χ1n) is 7.57. The van der Waals surface area contributed by atoms with Crippen LogP contribution in [0.1, 0.15) is 24.0 Å². The SMILES string of the molecule is COc1ccc2c3c1O[C@H]1C[C@@H](O)C=C[C@@]31CCN([11CH3])C2. The lowest BCUT2D eigenvalue weighted by atomic mass is 9.69. The maximum absolute atomic E-state index is 9.97. The third kappa shape index (κ3) is 1.75. The Morgan fingerprint density at radius 1 is 1.43 bits per heavy atom. The molecule has 0 fully saturated rings. The Balaban J connectivity index is 1.95. The van der Waals surface area contributed by atoms with E-state index in [-0.39, 0.29) is 11.5 Å². The van der Waals surface area contributed by atoms with Crippen molar-refractivity contribution in [2.75, 3.05) is 20.7 Å². The summed E-state index contributed by atoms with van der Waals surface area (Å²) in [5.74, 6) is 1.68. The summed E-state index contributed by atoms with van der Waals surface area (Å²) >= 11 is 0. The fraction of sp³-hybridized carbons (Fsp3) is 0.529. The minimum Gasteiger partial charge on any atom is -0.493 e. The lowest BCUT2D eigenvalue weighted by Crippen LogP contribution is -2.42. The third-order valence-electron chi connectivity index (χ3n) is 5.15. The van der Waals surface area contributed by atoms with Gasteiger partial charge in [-0.05, 0) is 31.6 Å². The Hall–Kier alpha value is -1.52. The predicted molar refractivity (Wildman–Crippen MR) is 79.8 cm³/mol. The standard InChI is InChI=1S/C17H21NO3/c1-18-8-7-17-6-5-12(19)9-14(17)21-16-13(20-2)4-3-11(10-18)15(16)17/h3-6,12,14,19H,7-10H2,1-2H3/t12-,14-,17-/m0/s1/i1-1. The lowest BCUT2D eigenvalue weighted by molar-refractivity contribution is 0.0821. The van der Waals surface area contributed by atoms with Crippen molar-refractivity contribution in [3.05, 3.63) is 35.4 Å². The van der Waals surface area contributed by atoms with Crippen LogP contribution >= 0.6 is 0 Å². The van der Waals surface area contributed by atoms with Gasteiger partial charge in [-0.15, -0.1) is 0 Å². The summed E-state index contributed by atoms with van der Waals surface area (Å²) in [5, 5.41) is 9.97. The smallest absolute Gasteiger partial charge is 0.166 e. The van der Waals surface area contributed by atoms with Crippen LogP contribution in [-0.2, 0) is 12.0 Å². The fourth-order valence-electron chi connectivity index (χ4n) is 4.08. The topological polar surface area (TPSA) is 41.9 Å². The van der Waals surface area contributed by atoms with Crippen molar-refractivity contribution in [2.45, 2.75) is 37.0 Å². The molecule has 0 aromatic heterocycles. The van der Waals surface area contributed by atoms with Crippen LogP contribution in [-0.4, -0.2) is 42.9 Å². The van der Waals surface area contributed by atoms with E-state index in [1.165, 1.54) is 11.1 Å². The van der Waals surface area contributed by atoms with Gasteiger partial charge in [-0.25, -0.2) is 0 Å². The molecule has 2 aliphatic heterocycles. The van der Waals surface area contributed by atoms with Crippen molar-refractivity contribution in [2.24, 2.45) is 0 Å². The van der Waals surface area contributed by atoms with E-state index >= 15 is 0 Å². The number of ether oxygens (including phenoxy) is 2. The Morgan fingerprint density at radius 2 is 2.29 bits per heavy atom. The average molecular weight is 286 g/mol. The molecule has 112 valence electrons. The largest absolute Gasteiger partial charge is 0.493 e. The maximum atomic E-state index is 9.97. The molecule has 1 aromatic rings. The summed E-state index contributed by atoms with van der Waals surface area (Å²) in [6.45, 7) is 1.96. The molecule has 1 aromatic carbocycles. The molecule has 1 aliphatic carbocycles. The van der Waals surface area contributed by atoms with Crippen molar-refractivity contribution in [1.82, 2.24) is 4.90 Å². The van der Waals surface area contributed by atoms with E-state index in [1.54, 1.807) is 7.11 Å². The van der Waals surface area contributed by atoms with E-state index in [1.807, 2.05) is 12.1 Å². The summed E-state index contributed by atoms with van der Waals surface area (Å²) in [5.41, 5.74) is 2.48. The van der Waals surface area contributed by atoms with E-state index in [0.717, 1.165) is 31.0 Å². The molecule has 0 amide bonds. The van der Waals surface area contributed by atoms with Gasteiger partial charge in [0.05, 0.1) is 18.6 Å². The minimum absolute atomic E-state index is 0.00838. The van der Waals surface area contributed by atoms with Gasteiger partial charge < -0.3 is 19.5 Å². The van der Waals surface area contributed by atoms with Crippen molar-refractivity contribution in [3.63, 3.8) is 0 Å². The zero-order valence-electron chi connectivity index (χ0n) is 12.5. The van der Waals surface area contributed by atoms with Gasteiger partial charge in [-0.2, -0.15) is 0 Å². The molecule has 2 heterocycles. The molecule has 4 nitrogen and oxygen atoms in total. The van der Waals surface area contributed by atoms with Crippen molar-refractivity contribution >= 4 is 0 Å². The van der Waals surface area contributed by atoms with Crippen LogP contribution < -0.4 is 9.47 Å². The normalized spacial score (nSPS) is 33.9. The summed E-state index contributed by atoms with van der Waals surface area (Å²) in [6, 6.07) is 4.16. The number of aliphatic hydroxyl groups is 1. The molecule has 1 spiro atoms. The van der Waals surface area contributed by atoms with Gasteiger partial charge in [0.15, 0.2) is 11.5 Å². The van der Waals surface area contributed by atoms with E-state index in [4.69, 9.17) is 9.47 Å². The highest BCUT2D eigenvalue weighted by atomic mass is 16.5. The second kappa shape index (κ2) is 4.49. The van der Waals surface area contributed by atoms with Crippen molar-refractivity contribution in [1.29, 1.82) is 0 Å². The molecule has 0 saturated heterocycles. The molecule has 3 aliphatic rings. The third-order valence-corrected chi connectivity index (χ3v) is 5.15. The first kappa shape index (κ1) is 13.2. The summed E-state index contributed by atoms with van der Waals surface area (Å²) in [6.07, 6.45) is 5.38. The van der Waals surface area contributed by atoms with Crippen LogP contribution in [0.5, 0.6) is 11.5 Å². The predicted octanol–water partition coefficient (Wildman–Crippen LogP) is 1.85. The molecule has 3 atom stereocenters. The molecule has 21 heavy (non-hydrogen) atoms. The Morgan fingerprint density at radius 3 is 3.10 bits per heavy atom. The number of rotatable bonds is 1. The lowest BCUT2D eigenvalue weighted by Gasteiger charge is -2.35. The van der Waals surface area contributed by atoms with Gasteiger partial charge in [0.2, 0.25) is 0 Å². The van der Waals surface area contributed by atoms with E-state index < -0.39 is 6.10 Å². The zero-order chi connectivity index (χ0) is 14.6. The van der Waals surface area contributed by atoms with E-state index in [2.05, 4.69) is 24.1 Å². The quantitative estimate of drug-likeness (QED) is 0.800. The highest BCUT2D eigenvalue weighted by Gasteiger charge is 2.52. The Kier molecular flexibility index (Phi) is 2.81. The second-order valence-electron chi connectivity index (χ2n) is 6.43. The van der Waals surface area contributed by atoms with Gasteiger partial charge in [-0.1, -0.05) is 18.2 Å². The van der Waals surface area contributed by atoms with Crippen LogP contribution in [0.25, 0.3) is 0 Å². The summed E-state index contributed by atoms with van der Waals surface area (Å²) in [4.78, 5) is 2.35. The molecular weight excluding hydrogens is 265 g/mol. The first-order valence-corrected chi connectivity index (χ1v) is 7.57. The van der Waals surface area contributed by atoms with Gasteiger partial charge >= 0.3 is 0 Å². The minimum atomic E-state index is -0.412. The summed E-state index contributed by atoms with van der Waals surface area (Å²) in [7, 11) is 3.84. The highest BCUT2D eigenvalue weighted by molar-refractivity contribution is 5.60. The van der Waals surface area contributed by atoms with Gasteiger partial charge in [0.1, 0.15) is 6.10 Å². The first-order chi connectivity index (χ1) is 10.1. The Labute approximate surface area is 125 Å².